The van der Waals surface area contributed by atoms with Crippen molar-refractivity contribution in [1.82, 2.24) is 9.99 Å². The third kappa shape index (κ3) is 2.02. The minimum absolute atomic E-state index is 0.0706. The number of aliphatic hydroxyl groups is 1. The lowest BCUT2D eigenvalue weighted by atomic mass is 10.1. The molecule has 1 N–H and O–H groups in total. The third-order valence-corrected chi connectivity index (χ3v) is 2.17. The average molecular weight is 205 g/mol. The van der Waals surface area contributed by atoms with E-state index in [9.17, 15) is 4.79 Å². The number of nitrogens with zero attached hydrogens (tertiary/aromatic N) is 3. The fourth-order valence-electron chi connectivity index (χ4n) is 1.44. The Morgan fingerprint density at radius 3 is 2.80 bits per heavy atom. The van der Waals surface area contributed by atoms with Crippen molar-refractivity contribution in [3.63, 3.8) is 0 Å². The molecule has 2 rings (SSSR count). The van der Waals surface area contributed by atoms with Gasteiger partial charge < -0.3 is 5.11 Å². The molecule has 1 amide bonds. The molecule has 2 heterocycles. The van der Waals surface area contributed by atoms with E-state index in [4.69, 9.17) is 5.11 Å². The molecule has 5 nitrogen and oxygen atoms in total. The summed E-state index contributed by atoms with van der Waals surface area (Å²) in [6, 6.07) is 3.63. The van der Waals surface area contributed by atoms with Gasteiger partial charge in [-0.05, 0) is 12.1 Å². The lowest BCUT2D eigenvalue weighted by Gasteiger charge is -2.07. The largest absolute Gasteiger partial charge is 0.394 e. The number of hydrogen-bond donors (Lipinski definition) is 1. The number of hydrazone groups is 1. The van der Waals surface area contributed by atoms with Gasteiger partial charge in [0, 0.05) is 18.0 Å². The van der Waals surface area contributed by atoms with E-state index in [1.54, 1.807) is 12.4 Å². The van der Waals surface area contributed by atoms with Crippen molar-refractivity contribution in [2.45, 2.75) is 6.42 Å². The van der Waals surface area contributed by atoms with Gasteiger partial charge in [-0.2, -0.15) is 5.10 Å². The molecule has 78 valence electrons. The molecule has 0 saturated carbocycles. The predicted molar refractivity (Wildman–Crippen MR) is 54.2 cm³/mol. The van der Waals surface area contributed by atoms with E-state index >= 15 is 0 Å². The summed E-state index contributed by atoms with van der Waals surface area (Å²) in [6.45, 7) is 0.187. The molecule has 0 aliphatic carbocycles. The molecule has 0 unspecified atom stereocenters. The van der Waals surface area contributed by atoms with Crippen LogP contribution in [0.1, 0.15) is 12.0 Å². The quantitative estimate of drug-likeness (QED) is 0.756. The Hall–Kier alpha value is -1.75. The lowest BCUT2D eigenvalue weighted by molar-refractivity contribution is -0.129. The summed E-state index contributed by atoms with van der Waals surface area (Å²) in [7, 11) is 0. The Kier molecular flexibility index (Phi) is 2.73. The number of pyridine rings is 1. The Bertz CT molecular complexity index is 389. The van der Waals surface area contributed by atoms with Gasteiger partial charge in [0.2, 0.25) is 5.91 Å². The maximum atomic E-state index is 11.4. The zero-order chi connectivity index (χ0) is 10.7. The number of carbonyl (C=O) groups excluding carboxylic acids is 1. The highest BCUT2D eigenvalue weighted by Crippen LogP contribution is 2.13. The van der Waals surface area contributed by atoms with Crippen LogP contribution in [0.4, 0.5) is 0 Å². The van der Waals surface area contributed by atoms with Crippen LogP contribution in [0.5, 0.6) is 0 Å². The Morgan fingerprint density at radius 1 is 1.40 bits per heavy atom. The van der Waals surface area contributed by atoms with Gasteiger partial charge in [-0.15, -0.1) is 0 Å². The van der Waals surface area contributed by atoms with Crippen LogP contribution in [0, 0.1) is 0 Å². The first kappa shape index (κ1) is 9.79. The van der Waals surface area contributed by atoms with E-state index in [0.717, 1.165) is 11.3 Å². The SMILES string of the molecule is O=C1CC(c2ccncc2)=NN1CCO. The summed E-state index contributed by atoms with van der Waals surface area (Å²) in [5.74, 6) is -0.0733. The first-order valence-corrected chi connectivity index (χ1v) is 4.70. The molecule has 1 aliphatic heterocycles. The summed E-state index contributed by atoms with van der Waals surface area (Å²) in [5, 5.41) is 14.2. The van der Waals surface area contributed by atoms with Crippen LogP contribution in [0.15, 0.2) is 29.6 Å². The molecule has 0 spiro atoms. The van der Waals surface area contributed by atoms with Gasteiger partial charge in [0.25, 0.3) is 0 Å². The fraction of sp³-hybridized carbons (Fsp3) is 0.300. The van der Waals surface area contributed by atoms with Crippen molar-refractivity contribution in [2.75, 3.05) is 13.2 Å². The number of aromatic nitrogens is 1. The Labute approximate surface area is 87.1 Å². The number of β-amino-alcohol motifs (C(OH)–C–C–N with tert-alkyl or cyclic N) is 1. The first-order valence-electron chi connectivity index (χ1n) is 4.70. The molecule has 0 aromatic carbocycles. The number of amides is 1. The number of aliphatic hydroxyl groups excluding tert-OH is 1. The predicted octanol–water partition coefficient (Wildman–Crippen LogP) is 0.0103. The number of carbonyl (C=O) groups is 1. The summed E-state index contributed by atoms with van der Waals surface area (Å²) < 4.78 is 0. The summed E-state index contributed by atoms with van der Waals surface area (Å²) in [5.41, 5.74) is 1.63. The summed E-state index contributed by atoms with van der Waals surface area (Å²) in [6.07, 6.45) is 3.62. The molecular formula is C10H11N3O2. The Morgan fingerprint density at radius 2 is 2.13 bits per heavy atom. The van der Waals surface area contributed by atoms with Gasteiger partial charge in [0.15, 0.2) is 0 Å². The van der Waals surface area contributed by atoms with E-state index in [2.05, 4.69) is 10.1 Å². The lowest BCUT2D eigenvalue weighted by Crippen LogP contribution is -2.23. The zero-order valence-electron chi connectivity index (χ0n) is 8.13. The monoisotopic (exact) mass is 205 g/mol. The highest BCUT2D eigenvalue weighted by molar-refractivity contribution is 6.13. The molecule has 0 radical (unpaired) electrons. The molecule has 0 saturated heterocycles. The van der Waals surface area contributed by atoms with E-state index < -0.39 is 0 Å². The van der Waals surface area contributed by atoms with Gasteiger partial charge in [0.1, 0.15) is 0 Å². The molecule has 0 atom stereocenters. The smallest absolute Gasteiger partial charge is 0.248 e. The summed E-state index contributed by atoms with van der Waals surface area (Å²) >= 11 is 0. The molecule has 5 heteroatoms. The number of hydrogen-bond acceptors (Lipinski definition) is 4. The second-order valence-electron chi connectivity index (χ2n) is 3.20. The molecule has 0 fully saturated rings. The second-order valence-corrected chi connectivity index (χ2v) is 3.20. The average Bonchev–Trinajstić information content (AvgIpc) is 2.63. The molecule has 15 heavy (non-hydrogen) atoms. The van der Waals surface area contributed by atoms with Crippen LogP contribution in [-0.2, 0) is 4.79 Å². The van der Waals surface area contributed by atoms with Crippen LogP contribution in [0.3, 0.4) is 0 Å². The van der Waals surface area contributed by atoms with Crippen LogP contribution >= 0.6 is 0 Å². The molecule has 1 aromatic rings. The minimum Gasteiger partial charge on any atom is -0.394 e. The fourth-order valence-corrected chi connectivity index (χ4v) is 1.44. The third-order valence-electron chi connectivity index (χ3n) is 2.17. The Balaban J connectivity index is 2.19. The highest BCUT2D eigenvalue weighted by atomic mass is 16.3. The van der Waals surface area contributed by atoms with Crippen molar-refractivity contribution in [2.24, 2.45) is 5.10 Å². The van der Waals surface area contributed by atoms with Crippen LogP contribution < -0.4 is 0 Å². The molecule has 1 aliphatic rings. The first-order chi connectivity index (χ1) is 7.31. The van der Waals surface area contributed by atoms with Crippen molar-refractivity contribution in [3.8, 4) is 0 Å². The number of rotatable bonds is 3. The van der Waals surface area contributed by atoms with E-state index in [1.807, 2.05) is 12.1 Å². The van der Waals surface area contributed by atoms with Gasteiger partial charge in [0.05, 0.1) is 25.3 Å². The van der Waals surface area contributed by atoms with Gasteiger partial charge in [-0.25, -0.2) is 5.01 Å². The second kappa shape index (κ2) is 4.18. The van der Waals surface area contributed by atoms with E-state index in [-0.39, 0.29) is 19.1 Å². The van der Waals surface area contributed by atoms with Crippen LogP contribution in [-0.4, -0.2) is 39.9 Å². The van der Waals surface area contributed by atoms with Crippen molar-refractivity contribution >= 4 is 11.6 Å². The van der Waals surface area contributed by atoms with Crippen molar-refractivity contribution in [1.29, 1.82) is 0 Å². The maximum Gasteiger partial charge on any atom is 0.248 e. The van der Waals surface area contributed by atoms with Crippen molar-refractivity contribution in [3.05, 3.63) is 30.1 Å². The summed E-state index contributed by atoms with van der Waals surface area (Å²) in [4.78, 5) is 15.3. The standard InChI is InChI=1S/C10H11N3O2/c14-6-5-13-10(15)7-9(12-13)8-1-3-11-4-2-8/h1-4,14H,5-7H2. The van der Waals surface area contributed by atoms with Gasteiger partial charge >= 0.3 is 0 Å². The van der Waals surface area contributed by atoms with Gasteiger partial charge in [-0.3, -0.25) is 9.78 Å². The molecule has 1 aromatic heterocycles. The normalized spacial score (nSPS) is 15.7. The zero-order valence-corrected chi connectivity index (χ0v) is 8.13. The molecular weight excluding hydrogens is 194 g/mol. The van der Waals surface area contributed by atoms with Gasteiger partial charge in [-0.1, -0.05) is 0 Å². The van der Waals surface area contributed by atoms with Crippen LogP contribution in [0.2, 0.25) is 0 Å². The topological polar surface area (TPSA) is 65.8 Å². The maximum absolute atomic E-state index is 11.4. The highest BCUT2D eigenvalue weighted by Gasteiger charge is 2.23. The minimum atomic E-state index is -0.0733. The van der Waals surface area contributed by atoms with E-state index in [0.29, 0.717) is 6.42 Å². The van der Waals surface area contributed by atoms with Crippen LogP contribution in [0.25, 0.3) is 0 Å². The van der Waals surface area contributed by atoms with E-state index in [1.165, 1.54) is 5.01 Å². The van der Waals surface area contributed by atoms with Crippen molar-refractivity contribution < 1.29 is 9.90 Å². The molecule has 0 bridgehead atoms.